The van der Waals surface area contributed by atoms with Crippen molar-refractivity contribution in [2.75, 3.05) is 5.32 Å². The molecule has 0 spiro atoms. The van der Waals surface area contributed by atoms with Crippen LogP contribution in [0.25, 0.3) is 16.9 Å². The monoisotopic (exact) mass is 464 g/mol. The summed E-state index contributed by atoms with van der Waals surface area (Å²) in [5, 5.41) is 17.1. The zero-order valence-corrected chi connectivity index (χ0v) is 19.2. The molecule has 6 nitrogen and oxygen atoms in total. The van der Waals surface area contributed by atoms with Crippen molar-refractivity contribution < 1.29 is 9.59 Å². The number of rotatable bonds is 5. The predicted octanol–water partition coefficient (Wildman–Crippen LogP) is 5.41. The van der Waals surface area contributed by atoms with Crippen LogP contribution in [-0.2, 0) is 10.5 Å². The third-order valence-electron chi connectivity index (χ3n) is 5.70. The Morgan fingerprint density at radius 1 is 1.03 bits per heavy atom. The highest BCUT2D eigenvalue weighted by Crippen LogP contribution is 2.44. The zero-order chi connectivity index (χ0) is 23.7. The molecule has 1 atom stereocenters. The molecule has 0 saturated heterocycles. The number of aryl methyl sites for hydroxylation is 1. The van der Waals surface area contributed by atoms with Gasteiger partial charge in [0.1, 0.15) is 5.69 Å². The highest BCUT2D eigenvalue weighted by atomic mass is 32.2. The summed E-state index contributed by atoms with van der Waals surface area (Å²) in [5.41, 5.74) is 5.07. The van der Waals surface area contributed by atoms with Crippen molar-refractivity contribution in [3.05, 3.63) is 95.7 Å². The van der Waals surface area contributed by atoms with Crippen LogP contribution >= 0.6 is 11.8 Å². The number of para-hydroxylation sites is 1. The van der Waals surface area contributed by atoms with Crippen LogP contribution in [0.5, 0.6) is 0 Å². The largest absolute Gasteiger partial charge is 0.325 e. The number of fused-ring (bicyclic) bond motifs is 3. The Hall–Kier alpha value is -4.15. The maximum atomic E-state index is 13.5. The highest BCUT2D eigenvalue weighted by Gasteiger charge is 2.35. The van der Waals surface area contributed by atoms with Crippen LogP contribution < -0.4 is 5.32 Å². The van der Waals surface area contributed by atoms with Crippen molar-refractivity contribution in [1.82, 2.24) is 9.78 Å². The second-order valence-electron chi connectivity index (χ2n) is 7.99. The molecule has 0 saturated carbocycles. The standard InChI is InChI=1S/C27H20N4O2S/c1-17-11-13-18(14-12-17)29-27(33)21(15-28)26(32)24-22-16-34-23-10-6-5-9-20(23)25(22)31(30-24)19-7-3-2-4-8-19/h2-14,21H,16H2,1H3,(H,29,33). The summed E-state index contributed by atoms with van der Waals surface area (Å²) in [4.78, 5) is 27.5. The Bertz CT molecular complexity index is 1440. The van der Waals surface area contributed by atoms with Crippen molar-refractivity contribution in [1.29, 1.82) is 5.26 Å². The van der Waals surface area contributed by atoms with E-state index in [0.717, 1.165) is 33.0 Å². The normalized spacial score (nSPS) is 12.7. The molecule has 1 amide bonds. The lowest BCUT2D eigenvalue weighted by molar-refractivity contribution is -0.117. The number of aromatic nitrogens is 2. The summed E-state index contributed by atoms with van der Waals surface area (Å²) < 4.78 is 1.74. The first-order valence-electron chi connectivity index (χ1n) is 10.8. The van der Waals surface area contributed by atoms with Crippen LogP contribution in [0.4, 0.5) is 5.69 Å². The van der Waals surface area contributed by atoms with Crippen LogP contribution in [0.1, 0.15) is 21.6 Å². The Morgan fingerprint density at radius 3 is 2.47 bits per heavy atom. The Balaban J connectivity index is 1.57. The molecule has 166 valence electrons. The molecule has 0 bridgehead atoms. The molecule has 1 unspecified atom stereocenters. The van der Waals surface area contributed by atoms with E-state index in [9.17, 15) is 14.9 Å². The van der Waals surface area contributed by atoms with E-state index in [4.69, 9.17) is 0 Å². The van der Waals surface area contributed by atoms with Gasteiger partial charge in [0, 0.05) is 27.5 Å². The van der Waals surface area contributed by atoms with E-state index < -0.39 is 17.6 Å². The van der Waals surface area contributed by atoms with E-state index in [1.165, 1.54) is 0 Å². The Kier molecular flexibility index (Phi) is 5.74. The zero-order valence-electron chi connectivity index (χ0n) is 18.4. The lowest BCUT2D eigenvalue weighted by atomic mass is 9.97. The molecule has 1 aliphatic heterocycles. The van der Waals surface area contributed by atoms with Gasteiger partial charge < -0.3 is 5.32 Å². The van der Waals surface area contributed by atoms with Crippen molar-refractivity contribution in [3.8, 4) is 23.0 Å². The highest BCUT2D eigenvalue weighted by molar-refractivity contribution is 7.98. The van der Waals surface area contributed by atoms with E-state index in [2.05, 4.69) is 10.4 Å². The van der Waals surface area contributed by atoms with Gasteiger partial charge in [-0.15, -0.1) is 11.8 Å². The number of carbonyl (C=O) groups is 2. The number of nitrogens with one attached hydrogen (secondary N) is 1. The van der Waals surface area contributed by atoms with E-state index >= 15 is 0 Å². The second-order valence-corrected chi connectivity index (χ2v) is 9.01. The molecule has 7 heteroatoms. The van der Waals surface area contributed by atoms with Crippen LogP contribution in [0.2, 0.25) is 0 Å². The van der Waals surface area contributed by atoms with Crippen molar-refractivity contribution >= 4 is 29.1 Å². The molecule has 1 N–H and O–H groups in total. The van der Waals surface area contributed by atoms with Gasteiger partial charge in [0.05, 0.1) is 17.5 Å². The lowest BCUT2D eigenvalue weighted by Gasteiger charge is -2.18. The van der Waals surface area contributed by atoms with Gasteiger partial charge in [-0.3, -0.25) is 9.59 Å². The van der Waals surface area contributed by atoms with E-state index in [0.29, 0.717) is 11.4 Å². The number of ketones is 1. The summed E-state index contributed by atoms with van der Waals surface area (Å²) in [6.45, 7) is 1.94. The van der Waals surface area contributed by atoms with E-state index in [1.807, 2.05) is 79.7 Å². The quantitative estimate of drug-likeness (QED) is 0.315. The average molecular weight is 465 g/mol. The van der Waals surface area contributed by atoms with Gasteiger partial charge in [-0.1, -0.05) is 54.1 Å². The number of benzene rings is 3. The van der Waals surface area contributed by atoms with Gasteiger partial charge in [0.2, 0.25) is 11.7 Å². The Morgan fingerprint density at radius 2 is 1.74 bits per heavy atom. The first-order valence-corrected chi connectivity index (χ1v) is 11.8. The van der Waals surface area contributed by atoms with Gasteiger partial charge in [-0.05, 0) is 37.3 Å². The van der Waals surface area contributed by atoms with Crippen molar-refractivity contribution in [2.45, 2.75) is 17.6 Å². The van der Waals surface area contributed by atoms with Gasteiger partial charge in [-0.2, -0.15) is 10.4 Å². The minimum atomic E-state index is -1.51. The molecular weight excluding hydrogens is 444 g/mol. The molecule has 0 radical (unpaired) electrons. The third-order valence-corrected chi connectivity index (χ3v) is 6.80. The fraction of sp³-hybridized carbons (Fsp3) is 0.111. The van der Waals surface area contributed by atoms with Crippen LogP contribution in [0, 0.1) is 24.2 Å². The first kappa shape index (κ1) is 21.7. The molecule has 3 aromatic carbocycles. The van der Waals surface area contributed by atoms with Gasteiger partial charge in [0.25, 0.3) is 0 Å². The second kappa shape index (κ2) is 9.00. The van der Waals surface area contributed by atoms with Crippen LogP contribution in [0.15, 0.2) is 83.8 Å². The fourth-order valence-electron chi connectivity index (χ4n) is 3.98. The molecule has 0 aliphatic carbocycles. The number of amides is 1. The van der Waals surface area contributed by atoms with E-state index in [1.54, 1.807) is 28.6 Å². The molecule has 0 fully saturated rings. The number of thioether (sulfide) groups is 1. The summed E-state index contributed by atoms with van der Waals surface area (Å²) in [6.07, 6.45) is 0. The predicted molar refractivity (Wildman–Crippen MR) is 132 cm³/mol. The van der Waals surface area contributed by atoms with Crippen LogP contribution in [-0.4, -0.2) is 21.5 Å². The number of carbonyl (C=O) groups excluding carboxylic acids is 2. The number of anilines is 1. The molecule has 4 aromatic rings. The van der Waals surface area contributed by atoms with Crippen molar-refractivity contribution in [2.24, 2.45) is 5.92 Å². The maximum absolute atomic E-state index is 13.5. The first-order chi connectivity index (χ1) is 16.6. The van der Waals surface area contributed by atoms with Crippen LogP contribution in [0.3, 0.4) is 0 Å². The SMILES string of the molecule is Cc1ccc(NC(=O)C(C#N)C(=O)c2nn(-c3ccccc3)c3c2CSc2ccccc2-3)cc1. The number of hydrogen-bond donors (Lipinski definition) is 1. The maximum Gasteiger partial charge on any atom is 0.249 e. The van der Waals surface area contributed by atoms with Gasteiger partial charge >= 0.3 is 0 Å². The van der Waals surface area contributed by atoms with Crippen molar-refractivity contribution in [3.63, 3.8) is 0 Å². The smallest absolute Gasteiger partial charge is 0.249 e. The fourth-order valence-corrected chi connectivity index (χ4v) is 5.05. The van der Waals surface area contributed by atoms with E-state index in [-0.39, 0.29) is 5.69 Å². The lowest BCUT2D eigenvalue weighted by Crippen LogP contribution is -2.29. The number of nitriles is 1. The average Bonchev–Trinajstić information content (AvgIpc) is 3.27. The molecule has 34 heavy (non-hydrogen) atoms. The molecule has 1 aliphatic rings. The topological polar surface area (TPSA) is 87.8 Å². The summed E-state index contributed by atoms with van der Waals surface area (Å²) in [7, 11) is 0. The minimum absolute atomic E-state index is 0.159. The number of hydrogen-bond acceptors (Lipinski definition) is 5. The summed E-state index contributed by atoms with van der Waals surface area (Å²) in [5.74, 6) is -2.24. The molecular formula is C27H20N4O2S. The summed E-state index contributed by atoms with van der Waals surface area (Å²) >= 11 is 1.61. The number of Topliss-reactive ketones (excluding diaryl/α,β-unsaturated/α-hetero) is 1. The Labute approximate surface area is 201 Å². The molecule has 5 rings (SSSR count). The summed E-state index contributed by atoms with van der Waals surface area (Å²) in [6, 6.07) is 26.6. The minimum Gasteiger partial charge on any atom is -0.325 e. The van der Waals surface area contributed by atoms with Gasteiger partial charge in [-0.25, -0.2) is 4.68 Å². The molecule has 2 heterocycles. The molecule has 1 aromatic heterocycles. The third kappa shape index (κ3) is 3.89. The number of nitrogens with zero attached hydrogens (tertiary/aromatic N) is 3. The van der Waals surface area contributed by atoms with Gasteiger partial charge in [0.15, 0.2) is 5.92 Å².